The molecule has 0 saturated heterocycles. The van der Waals surface area contributed by atoms with Gasteiger partial charge in [0.1, 0.15) is 24.3 Å². The molecule has 33 heavy (non-hydrogen) atoms. The van der Waals surface area contributed by atoms with E-state index in [-0.39, 0.29) is 12.4 Å². The van der Waals surface area contributed by atoms with Crippen LogP contribution in [0.25, 0.3) is 0 Å². The predicted octanol–water partition coefficient (Wildman–Crippen LogP) is 4.58. The van der Waals surface area contributed by atoms with Gasteiger partial charge in [-0.15, -0.1) is 0 Å². The monoisotopic (exact) mass is 447 g/mol. The van der Waals surface area contributed by atoms with Gasteiger partial charge in [0, 0.05) is 43.6 Å². The maximum Gasteiger partial charge on any atom is 0.159 e. The normalized spacial score (nSPS) is 11.6. The summed E-state index contributed by atoms with van der Waals surface area (Å²) in [5, 5.41) is 10.7. The Morgan fingerprint density at radius 3 is 2.39 bits per heavy atom. The summed E-state index contributed by atoms with van der Waals surface area (Å²) in [5.41, 5.74) is 2.93. The number of ether oxygens (including phenoxy) is 1. The number of rotatable bonds is 12. The minimum Gasteiger partial charge on any atom is -0.491 e. The summed E-state index contributed by atoms with van der Waals surface area (Å²) in [6.45, 7) is 8.86. The number of benzene rings is 2. The summed E-state index contributed by atoms with van der Waals surface area (Å²) in [7, 11) is 0. The molecular formula is C27H33N3O3. The molecule has 0 radical (unpaired) electrons. The van der Waals surface area contributed by atoms with Crippen LogP contribution in [0.3, 0.4) is 0 Å². The predicted molar refractivity (Wildman–Crippen MR) is 133 cm³/mol. The highest BCUT2D eigenvalue weighted by Gasteiger charge is 2.15. The Hall–Kier alpha value is -3.38. The van der Waals surface area contributed by atoms with Gasteiger partial charge in [0.25, 0.3) is 0 Å². The van der Waals surface area contributed by atoms with Crippen LogP contribution in [-0.2, 0) is 6.54 Å². The van der Waals surface area contributed by atoms with Gasteiger partial charge in [0.15, 0.2) is 5.78 Å². The van der Waals surface area contributed by atoms with Gasteiger partial charge in [-0.05, 0) is 62.7 Å². The van der Waals surface area contributed by atoms with E-state index in [2.05, 4.69) is 48.0 Å². The molecular weight excluding hydrogens is 414 g/mol. The number of Topliss-reactive ketones (excluding diaryl/α,β-unsaturated/α-hetero) is 1. The Morgan fingerprint density at radius 1 is 1.00 bits per heavy atom. The molecule has 0 aliphatic carbocycles. The van der Waals surface area contributed by atoms with E-state index in [9.17, 15) is 9.90 Å². The summed E-state index contributed by atoms with van der Waals surface area (Å²) in [4.78, 5) is 20.4. The molecule has 0 aliphatic rings. The van der Waals surface area contributed by atoms with Gasteiger partial charge in [0.2, 0.25) is 0 Å². The third-order valence-electron chi connectivity index (χ3n) is 5.53. The second kappa shape index (κ2) is 12.0. The van der Waals surface area contributed by atoms with E-state index < -0.39 is 6.10 Å². The van der Waals surface area contributed by atoms with Crippen LogP contribution in [-0.4, -0.2) is 48.2 Å². The highest BCUT2D eigenvalue weighted by Crippen LogP contribution is 2.19. The maximum absolute atomic E-state index is 11.6. The quantitative estimate of drug-likeness (QED) is 0.410. The minimum absolute atomic E-state index is 0.0191. The number of pyridine rings is 1. The molecule has 0 bridgehead atoms. The smallest absolute Gasteiger partial charge is 0.159 e. The lowest BCUT2D eigenvalue weighted by Gasteiger charge is -2.27. The number of hydrogen-bond acceptors (Lipinski definition) is 6. The SMILES string of the molecule is CCN(CC)c1ccc(CN(CC(O)COc2cccc(C(C)=O)c2)c2ccccn2)cc1. The molecule has 174 valence electrons. The lowest BCUT2D eigenvalue weighted by molar-refractivity contribution is 0.101. The van der Waals surface area contributed by atoms with Gasteiger partial charge >= 0.3 is 0 Å². The van der Waals surface area contributed by atoms with Crippen molar-refractivity contribution in [2.24, 2.45) is 0 Å². The van der Waals surface area contributed by atoms with Crippen molar-refractivity contribution in [3.05, 3.63) is 84.1 Å². The van der Waals surface area contributed by atoms with Crippen molar-refractivity contribution >= 4 is 17.3 Å². The molecule has 0 aliphatic heterocycles. The fourth-order valence-corrected chi connectivity index (χ4v) is 3.71. The fourth-order valence-electron chi connectivity index (χ4n) is 3.71. The van der Waals surface area contributed by atoms with Crippen molar-refractivity contribution in [1.29, 1.82) is 0 Å². The number of aliphatic hydroxyl groups excluding tert-OH is 1. The number of carbonyl (C=O) groups is 1. The number of hydrogen-bond donors (Lipinski definition) is 1. The zero-order valence-electron chi connectivity index (χ0n) is 19.6. The van der Waals surface area contributed by atoms with E-state index in [4.69, 9.17) is 4.74 Å². The van der Waals surface area contributed by atoms with Crippen LogP contribution >= 0.6 is 0 Å². The van der Waals surface area contributed by atoms with Crippen molar-refractivity contribution in [1.82, 2.24) is 4.98 Å². The van der Waals surface area contributed by atoms with E-state index in [0.717, 1.165) is 24.5 Å². The van der Waals surface area contributed by atoms with Crippen LogP contribution in [0.1, 0.15) is 36.7 Å². The highest BCUT2D eigenvalue weighted by molar-refractivity contribution is 5.94. The van der Waals surface area contributed by atoms with Crippen molar-refractivity contribution in [3.8, 4) is 5.75 Å². The van der Waals surface area contributed by atoms with Crippen molar-refractivity contribution < 1.29 is 14.6 Å². The molecule has 0 saturated carbocycles. The number of aliphatic hydroxyl groups is 1. The Bertz CT molecular complexity index is 1000. The summed E-state index contributed by atoms with van der Waals surface area (Å²) in [6, 6.07) is 21.3. The molecule has 3 rings (SSSR count). The van der Waals surface area contributed by atoms with Crippen LogP contribution in [0.15, 0.2) is 72.9 Å². The van der Waals surface area contributed by atoms with E-state index in [1.807, 2.05) is 23.1 Å². The Morgan fingerprint density at radius 2 is 1.76 bits per heavy atom. The summed E-state index contributed by atoms with van der Waals surface area (Å²) in [5.74, 6) is 1.34. The first kappa shape index (κ1) is 24.3. The molecule has 3 aromatic rings. The third-order valence-corrected chi connectivity index (χ3v) is 5.53. The lowest BCUT2D eigenvalue weighted by atomic mass is 10.1. The number of carbonyl (C=O) groups excluding carboxylic acids is 1. The molecule has 1 unspecified atom stereocenters. The van der Waals surface area contributed by atoms with E-state index >= 15 is 0 Å². The lowest BCUT2D eigenvalue weighted by Crippen LogP contribution is -2.36. The van der Waals surface area contributed by atoms with Crippen LogP contribution in [0.5, 0.6) is 5.75 Å². The average molecular weight is 448 g/mol. The zero-order valence-corrected chi connectivity index (χ0v) is 19.6. The standard InChI is InChI=1S/C27H33N3O3/c1-4-29(5-2)24-14-12-22(13-15-24)18-30(27-11-6-7-16-28-27)19-25(32)20-33-26-10-8-9-23(17-26)21(3)31/h6-17,25,32H,4-5,18-20H2,1-3H3. The van der Waals surface area contributed by atoms with Crippen LogP contribution < -0.4 is 14.5 Å². The van der Waals surface area contributed by atoms with Crippen LogP contribution in [0.4, 0.5) is 11.5 Å². The highest BCUT2D eigenvalue weighted by atomic mass is 16.5. The van der Waals surface area contributed by atoms with Crippen LogP contribution in [0.2, 0.25) is 0 Å². The topological polar surface area (TPSA) is 65.9 Å². The van der Waals surface area contributed by atoms with Crippen molar-refractivity contribution in [3.63, 3.8) is 0 Å². The van der Waals surface area contributed by atoms with Gasteiger partial charge in [-0.25, -0.2) is 4.98 Å². The third kappa shape index (κ3) is 7.05. The molecule has 0 amide bonds. The number of anilines is 2. The summed E-state index contributed by atoms with van der Waals surface area (Å²) < 4.78 is 5.76. The molecule has 6 nitrogen and oxygen atoms in total. The molecule has 6 heteroatoms. The van der Waals surface area contributed by atoms with E-state index in [1.54, 1.807) is 30.5 Å². The molecule has 0 fully saturated rings. The first-order valence-electron chi connectivity index (χ1n) is 11.4. The van der Waals surface area contributed by atoms with Gasteiger partial charge < -0.3 is 19.6 Å². The van der Waals surface area contributed by atoms with Gasteiger partial charge in [-0.1, -0.05) is 30.3 Å². The first-order valence-corrected chi connectivity index (χ1v) is 11.4. The number of nitrogens with zero attached hydrogens (tertiary/aromatic N) is 3. The van der Waals surface area contributed by atoms with Crippen molar-refractivity contribution in [2.45, 2.75) is 33.4 Å². The zero-order chi connectivity index (χ0) is 23.6. The molecule has 0 spiro atoms. The summed E-state index contributed by atoms with van der Waals surface area (Å²) >= 11 is 0. The van der Waals surface area contributed by atoms with Crippen molar-refractivity contribution in [2.75, 3.05) is 36.0 Å². The molecule has 1 aromatic heterocycles. The van der Waals surface area contributed by atoms with Gasteiger partial charge in [0.05, 0.1) is 0 Å². The van der Waals surface area contributed by atoms with Crippen LogP contribution in [0, 0.1) is 0 Å². The molecule has 2 aromatic carbocycles. The summed E-state index contributed by atoms with van der Waals surface area (Å²) in [6.07, 6.45) is 1.02. The van der Waals surface area contributed by atoms with E-state index in [1.165, 1.54) is 12.6 Å². The fraction of sp³-hybridized carbons (Fsp3) is 0.333. The van der Waals surface area contributed by atoms with Gasteiger partial charge in [-0.2, -0.15) is 0 Å². The van der Waals surface area contributed by atoms with Gasteiger partial charge in [-0.3, -0.25) is 4.79 Å². The minimum atomic E-state index is -0.733. The molecule has 1 atom stereocenters. The largest absolute Gasteiger partial charge is 0.491 e. The molecule has 1 heterocycles. The second-order valence-electron chi connectivity index (χ2n) is 7.96. The number of aromatic nitrogens is 1. The Kier molecular flexibility index (Phi) is 8.84. The average Bonchev–Trinajstić information content (AvgIpc) is 2.85. The second-order valence-corrected chi connectivity index (χ2v) is 7.96. The van der Waals surface area contributed by atoms with E-state index in [0.29, 0.717) is 24.4 Å². The first-order chi connectivity index (χ1) is 16.0. The molecule has 1 N–H and O–H groups in total. The Labute approximate surface area is 196 Å². The number of ketones is 1. The Balaban J connectivity index is 1.67. The maximum atomic E-state index is 11.6.